The number of benzene rings is 1. The summed E-state index contributed by atoms with van der Waals surface area (Å²) in [4.78, 5) is 25.8. The maximum atomic E-state index is 12.6. The molecule has 0 saturated carbocycles. The minimum absolute atomic E-state index is 0.0739. The van der Waals surface area contributed by atoms with Gasteiger partial charge in [0.25, 0.3) is 0 Å². The van der Waals surface area contributed by atoms with Crippen LogP contribution in [0, 0.1) is 12.8 Å². The molecule has 23 heavy (non-hydrogen) atoms. The molecule has 1 heterocycles. The van der Waals surface area contributed by atoms with Gasteiger partial charge in [0, 0.05) is 17.8 Å². The van der Waals surface area contributed by atoms with Crippen molar-refractivity contribution in [2.24, 2.45) is 11.7 Å². The van der Waals surface area contributed by atoms with Crippen LogP contribution in [0.15, 0.2) is 18.2 Å². The number of amides is 3. The first kappa shape index (κ1) is 17.3. The molecule has 6 nitrogen and oxygen atoms in total. The summed E-state index contributed by atoms with van der Waals surface area (Å²) in [6.45, 7) is 7.74. The Morgan fingerprint density at radius 2 is 2.17 bits per heavy atom. The van der Waals surface area contributed by atoms with Gasteiger partial charge in [0.05, 0.1) is 19.3 Å². The maximum Gasteiger partial charge on any atom is 0.322 e. The number of hydrogen-bond acceptors (Lipinski definition) is 3. The van der Waals surface area contributed by atoms with E-state index in [4.69, 9.17) is 10.5 Å². The maximum absolute atomic E-state index is 12.6. The van der Waals surface area contributed by atoms with Crippen LogP contribution in [0.25, 0.3) is 0 Å². The quantitative estimate of drug-likeness (QED) is 0.893. The second kappa shape index (κ2) is 7.46. The third-order valence-electron chi connectivity index (χ3n) is 3.99. The van der Waals surface area contributed by atoms with Gasteiger partial charge >= 0.3 is 6.03 Å². The van der Waals surface area contributed by atoms with Crippen molar-refractivity contribution in [2.45, 2.75) is 33.2 Å². The molecule has 1 aromatic rings. The predicted molar refractivity (Wildman–Crippen MR) is 89.5 cm³/mol. The number of ether oxygens (including phenoxy) is 1. The number of urea groups is 1. The van der Waals surface area contributed by atoms with E-state index < -0.39 is 5.91 Å². The first-order chi connectivity index (χ1) is 10.9. The summed E-state index contributed by atoms with van der Waals surface area (Å²) >= 11 is 0. The molecule has 1 aliphatic heterocycles. The van der Waals surface area contributed by atoms with Gasteiger partial charge < -0.3 is 20.7 Å². The molecule has 0 radical (unpaired) electrons. The van der Waals surface area contributed by atoms with Crippen molar-refractivity contribution < 1.29 is 14.3 Å². The third-order valence-corrected chi connectivity index (χ3v) is 3.99. The lowest BCUT2D eigenvalue weighted by molar-refractivity contribution is 0.00857. The highest BCUT2D eigenvalue weighted by atomic mass is 16.5. The van der Waals surface area contributed by atoms with E-state index in [0.29, 0.717) is 36.9 Å². The van der Waals surface area contributed by atoms with Crippen LogP contribution in [0.4, 0.5) is 10.5 Å². The summed E-state index contributed by atoms with van der Waals surface area (Å²) in [6, 6.07) is 5.08. The highest BCUT2D eigenvalue weighted by Crippen LogP contribution is 2.19. The van der Waals surface area contributed by atoms with E-state index in [-0.39, 0.29) is 12.1 Å². The third kappa shape index (κ3) is 4.45. The van der Waals surface area contributed by atoms with Gasteiger partial charge in [0.2, 0.25) is 5.91 Å². The predicted octanol–water partition coefficient (Wildman–Crippen LogP) is 2.37. The van der Waals surface area contributed by atoms with Gasteiger partial charge in [0.15, 0.2) is 0 Å². The van der Waals surface area contributed by atoms with Crippen molar-refractivity contribution in [2.75, 3.05) is 25.1 Å². The van der Waals surface area contributed by atoms with Crippen molar-refractivity contribution in [3.05, 3.63) is 29.3 Å². The molecule has 3 amide bonds. The number of carbonyl (C=O) groups excluding carboxylic acids is 2. The Hall–Kier alpha value is -2.08. The summed E-state index contributed by atoms with van der Waals surface area (Å²) in [5.41, 5.74) is 7.14. The van der Waals surface area contributed by atoms with Crippen LogP contribution >= 0.6 is 0 Å². The van der Waals surface area contributed by atoms with Gasteiger partial charge in [-0.1, -0.05) is 19.9 Å². The van der Waals surface area contributed by atoms with E-state index in [0.717, 1.165) is 12.0 Å². The summed E-state index contributed by atoms with van der Waals surface area (Å²) in [5, 5.41) is 2.86. The molecule has 0 aliphatic carbocycles. The average molecular weight is 319 g/mol. The first-order valence-corrected chi connectivity index (χ1v) is 7.94. The zero-order chi connectivity index (χ0) is 17.0. The van der Waals surface area contributed by atoms with Gasteiger partial charge in [-0.15, -0.1) is 0 Å². The normalized spacial score (nSPS) is 18.1. The lowest BCUT2D eigenvalue weighted by atomic mass is 10.0. The molecule has 1 saturated heterocycles. The Labute approximate surface area is 137 Å². The minimum atomic E-state index is -0.498. The number of nitrogens with zero attached hydrogens (tertiary/aromatic N) is 1. The molecule has 6 heteroatoms. The monoisotopic (exact) mass is 319 g/mol. The van der Waals surface area contributed by atoms with E-state index in [1.807, 2.05) is 11.8 Å². The topological polar surface area (TPSA) is 84.7 Å². The minimum Gasteiger partial charge on any atom is -0.377 e. The average Bonchev–Trinajstić information content (AvgIpc) is 2.48. The van der Waals surface area contributed by atoms with Crippen LogP contribution in [0.5, 0.6) is 0 Å². The van der Waals surface area contributed by atoms with E-state index in [9.17, 15) is 9.59 Å². The number of hydrogen-bond donors (Lipinski definition) is 2. The molecule has 126 valence electrons. The Morgan fingerprint density at radius 1 is 1.43 bits per heavy atom. The fourth-order valence-corrected chi connectivity index (χ4v) is 2.82. The lowest BCUT2D eigenvalue weighted by Gasteiger charge is -2.36. The highest BCUT2D eigenvalue weighted by Gasteiger charge is 2.28. The van der Waals surface area contributed by atoms with Gasteiger partial charge in [-0.05, 0) is 37.0 Å². The molecule has 3 N–H and O–H groups in total. The lowest BCUT2D eigenvalue weighted by Crippen LogP contribution is -2.50. The second-order valence-corrected chi connectivity index (χ2v) is 6.38. The zero-order valence-electron chi connectivity index (χ0n) is 14.0. The highest BCUT2D eigenvalue weighted by molar-refractivity contribution is 5.97. The first-order valence-electron chi connectivity index (χ1n) is 7.94. The van der Waals surface area contributed by atoms with Crippen LogP contribution < -0.4 is 11.1 Å². The molecule has 1 atom stereocenters. The van der Waals surface area contributed by atoms with E-state index >= 15 is 0 Å². The summed E-state index contributed by atoms with van der Waals surface area (Å²) in [7, 11) is 0. The molecule has 0 aromatic heterocycles. The van der Waals surface area contributed by atoms with Crippen LogP contribution in [0.3, 0.4) is 0 Å². The molecule has 1 aromatic carbocycles. The largest absolute Gasteiger partial charge is 0.377 e. The van der Waals surface area contributed by atoms with E-state index in [1.54, 1.807) is 18.2 Å². The number of primary amides is 1. The smallest absolute Gasteiger partial charge is 0.322 e. The zero-order valence-corrected chi connectivity index (χ0v) is 14.0. The van der Waals surface area contributed by atoms with Gasteiger partial charge in [-0.2, -0.15) is 0 Å². The summed E-state index contributed by atoms with van der Waals surface area (Å²) in [5.74, 6) is -0.0134. The molecular formula is C17H25N3O3. The number of rotatable bonds is 4. The van der Waals surface area contributed by atoms with Crippen molar-refractivity contribution in [1.82, 2.24) is 4.90 Å². The molecule has 0 bridgehead atoms. The van der Waals surface area contributed by atoms with Crippen LogP contribution in [-0.4, -0.2) is 42.6 Å². The van der Waals surface area contributed by atoms with Gasteiger partial charge in [-0.25, -0.2) is 4.79 Å². The Bertz CT molecular complexity index is 586. The molecule has 0 spiro atoms. The fourth-order valence-electron chi connectivity index (χ4n) is 2.82. The van der Waals surface area contributed by atoms with Crippen LogP contribution in [-0.2, 0) is 4.74 Å². The molecule has 1 aliphatic rings. The van der Waals surface area contributed by atoms with E-state index in [1.165, 1.54) is 0 Å². The number of morpholine rings is 1. The Kier molecular flexibility index (Phi) is 5.60. The van der Waals surface area contributed by atoms with Crippen molar-refractivity contribution in [3.63, 3.8) is 0 Å². The number of anilines is 1. The summed E-state index contributed by atoms with van der Waals surface area (Å²) < 4.78 is 5.50. The second-order valence-electron chi connectivity index (χ2n) is 6.38. The van der Waals surface area contributed by atoms with Crippen molar-refractivity contribution in [3.8, 4) is 0 Å². The van der Waals surface area contributed by atoms with Crippen LogP contribution in [0.1, 0.15) is 36.2 Å². The van der Waals surface area contributed by atoms with Crippen molar-refractivity contribution >= 4 is 17.6 Å². The van der Waals surface area contributed by atoms with Crippen LogP contribution in [0.2, 0.25) is 0 Å². The standard InChI is InChI=1S/C17H25N3O3/c1-11(2)8-14-10-23-7-6-20(14)17(22)19-13-5-4-12(3)15(9-13)16(18)21/h4-5,9,11,14H,6-8,10H2,1-3H3,(H2,18,21)(H,19,22). The summed E-state index contributed by atoms with van der Waals surface area (Å²) in [6.07, 6.45) is 0.897. The number of carbonyl (C=O) groups is 2. The van der Waals surface area contributed by atoms with Gasteiger partial charge in [0.1, 0.15) is 0 Å². The molecular weight excluding hydrogens is 294 g/mol. The fraction of sp³-hybridized carbons (Fsp3) is 0.529. The Morgan fingerprint density at radius 3 is 2.83 bits per heavy atom. The molecule has 2 rings (SSSR count). The number of aryl methyl sites for hydroxylation is 1. The van der Waals surface area contributed by atoms with Crippen molar-refractivity contribution in [1.29, 1.82) is 0 Å². The van der Waals surface area contributed by atoms with E-state index in [2.05, 4.69) is 19.2 Å². The van der Waals surface area contributed by atoms with Gasteiger partial charge in [-0.3, -0.25) is 4.79 Å². The molecule has 1 unspecified atom stereocenters. The SMILES string of the molecule is Cc1ccc(NC(=O)N2CCOCC2CC(C)C)cc1C(N)=O. The number of nitrogens with two attached hydrogens (primary N) is 1. The number of nitrogens with one attached hydrogen (secondary N) is 1. The molecule has 1 fully saturated rings. The Balaban J connectivity index is 2.11.